The van der Waals surface area contributed by atoms with Gasteiger partial charge in [-0.2, -0.15) is 0 Å². The highest BCUT2D eigenvalue weighted by Gasteiger charge is 2.29. The zero-order valence-corrected chi connectivity index (χ0v) is 16.0. The second-order valence-electron chi connectivity index (χ2n) is 7.31. The summed E-state index contributed by atoms with van der Waals surface area (Å²) in [7, 11) is 0. The summed E-state index contributed by atoms with van der Waals surface area (Å²) in [5.74, 6) is -0.146. The van der Waals surface area contributed by atoms with Crippen LogP contribution in [0, 0.1) is 5.92 Å². The first-order valence-corrected chi connectivity index (χ1v) is 9.85. The fraction of sp³-hybridized carbons (Fsp3) is 0.364. The normalized spacial score (nSPS) is 19.6. The molecule has 28 heavy (non-hydrogen) atoms. The molecule has 1 fully saturated rings. The van der Waals surface area contributed by atoms with E-state index in [1.54, 1.807) is 0 Å². The van der Waals surface area contributed by atoms with Gasteiger partial charge in [0.15, 0.2) is 6.54 Å². The van der Waals surface area contributed by atoms with Gasteiger partial charge in [0.2, 0.25) is 0 Å². The van der Waals surface area contributed by atoms with Crippen LogP contribution in [0.15, 0.2) is 46.9 Å². The van der Waals surface area contributed by atoms with Crippen molar-refractivity contribution in [2.24, 2.45) is 5.92 Å². The third-order valence-corrected chi connectivity index (χ3v) is 5.38. The van der Waals surface area contributed by atoms with E-state index in [-0.39, 0.29) is 17.8 Å². The van der Waals surface area contributed by atoms with Gasteiger partial charge in [-0.25, -0.2) is 0 Å². The van der Waals surface area contributed by atoms with Crippen LogP contribution in [0.1, 0.15) is 19.8 Å². The van der Waals surface area contributed by atoms with Crippen LogP contribution in [0.25, 0.3) is 21.9 Å². The van der Waals surface area contributed by atoms with Crippen LogP contribution in [0.4, 0.5) is 5.69 Å². The molecule has 0 unspecified atom stereocenters. The minimum absolute atomic E-state index is 0.0169. The van der Waals surface area contributed by atoms with Crippen molar-refractivity contribution in [2.75, 3.05) is 31.6 Å². The highest BCUT2D eigenvalue weighted by molar-refractivity contribution is 6.06. The van der Waals surface area contributed by atoms with Crippen molar-refractivity contribution in [1.82, 2.24) is 0 Å². The molecule has 1 amide bonds. The number of benzene rings is 2. The van der Waals surface area contributed by atoms with Crippen molar-refractivity contribution in [1.29, 1.82) is 0 Å². The Morgan fingerprint density at radius 2 is 1.86 bits per heavy atom. The van der Waals surface area contributed by atoms with E-state index >= 15 is 0 Å². The molecule has 0 atom stereocenters. The summed E-state index contributed by atoms with van der Waals surface area (Å²) in [5, 5.41) is 5.04. The lowest BCUT2D eigenvalue weighted by Crippen LogP contribution is -3.14. The van der Waals surface area contributed by atoms with Gasteiger partial charge in [-0.1, -0.05) is 18.2 Å². The zero-order chi connectivity index (χ0) is 19.5. The number of furan rings is 1. The maximum Gasteiger partial charge on any atom is 0.309 e. The molecule has 1 saturated heterocycles. The quantitative estimate of drug-likeness (QED) is 0.666. The molecule has 1 aliphatic rings. The minimum atomic E-state index is -0.105. The number of nitrogens with one attached hydrogen (secondary N) is 2. The lowest BCUT2D eigenvalue weighted by Gasteiger charge is -2.27. The molecule has 0 radical (unpaired) electrons. The van der Waals surface area contributed by atoms with Crippen molar-refractivity contribution < 1.29 is 23.6 Å². The molecule has 3 aromatic rings. The van der Waals surface area contributed by atoms with Gasteiger partial charge in [0.25, 0.3) is 5.91 Å². The molecule has 0 spiro atoms. The number of para-hydroxylation sites is 1. The number of carbonyl (C=O) groups excluding carboxylic acids is 2. The number of carbonyl (C=O) groups is 2. The Labute approximate surface area is 163 Å². The Morgan fingerprint density at radius 3 is 2.64 bits per heavy atom. The molecule has 2 heterocycles. The van der Waals surface area contributed by atoms with E-state index in [0.29, 0.717) is 13.2 Å². The van der Waals surface area contributed by atoms with Gasteiger partial charge in [0.1, 0.15) is 11.2 Å². The number of anilines is 1. The predicted octanol–water partition coefficient (Wildman–Crippen LogP) is 2.38. The SMILES string of the molecule is CCOC(=O)C1CC[NH+](CC(=O)Nc2ccc3oc4ccccc4c3c2)CC1. The molecule has 6 heteroatoms. The summed E-state index contributed by atoms with van der Waals surface area (Å²) in [6.45, 7) is 4.27. The average Bonchev–Trinajstić information content (AvgIpc) is 3.07. The van der Waals surface area contributed by atoms with Crippen molar-refractivity contribution in [3.63, 3.8) is 0 Å². The summed E-state index contributed by atoms with van der Waals surface area (Å²) in [6, 6.07) is 13.6. The van der Waals surface area contributed by atoms with E-state index in [1.165, 1.54) is 4.90 Å². The monoisotopic (exact) mass is 381 g/mol. The molecule has 4 rings (SSSR count). The molecule has 0 aliphatic carbocycles. The van der Waals surface area contributed by atoms with Crippen LogP contribution < -0.4 is 10.2 Å². The number of esters is 1. The van der Waals surface area contributed by atoms with Crippen LogP contribution >= 0.6 is 0 Å². The topological polar surface area (TPSA) is 73.0 Å². The molecule has 2 aromatic carbocycles. The number of amides is 1. The van der Waals surface area contributed by atoms with E-state index in [0.717, 1.165) is 53.6 Å². The Hall–Kier alpha value is -2.86. The van der Waals surface area contributed by atoms with E-state index < -0.39 is 0 Å². The van der Waals surface area contributed by atoms with Crippen LogP contribution in [0.2, 0.25) is 0 Å². The summed E-state index contributed by atoms with van der Waals surface area (Å²) in [5.41, 5.74) is 2.42. The van der Waals surface area contributed by atoms with E-state index in [2.05, 4.69) is 5.32 Å². The largest absolute Gasteiger partial charge is 0.466 e. The van der Waals surface area contributed by atoms with Crippen molar-refractivity contribution in [2.45, 2.75) is 19.8 Å². The summed E-state index contributed by atoms with van der Waals surface area (Å²) in [6.07, 6.45) is 1.54. The number of hydrogen-bond acceptors (Lipinski definition) is 4. The van der Waals surface area contributed by atoms with Crippen molar-refractivity contribution in [3.8, 4) is 0 Å². The van der Waals surface area contributed by atoms with E-state index in [4.69, 9.17) is 9.15 Å². The Bertz CT molecular complexity index is 1000. The number of quaternary nitrogens is 1. The number of fused-ring (bicyclic) bond motifs is 3. The molecular formula is C22H25N2O4+. The highest BCUT2D eigenvalue weighted by atomic mass is 16.5. The van der Waals surface area contributed by atoms with Crippen LogP contribution in [-0.2, 0) is 14.3 Å². The van der Waals surface area contributed by atoms with Crippen molar-refractivity contribution in [3.05, 3.63) is 42.5 Å². The minimum Gasteiger partial charge on any atom is -0.466 e. The summed E-state index contributed by atoms with van der Waals surface area (Å²) >= 11 is 0. The number of likely N-dealkylation sites (tertiary alicyclic amines) is 1. The molecule has 6 nitrogen and oxygen atoms in total. The third-order valence-electron chi connectivity index (χ3n) is 5.38. The van der Waals surface area contributed by atoms with E-state index in [9.17, 15) is 9.59 Å². The Morgan fingerprint density at radius 1 is 1.11 bits per heavy atom. The standard InChI is InChI=1S/C22H24N2O4/c1-2-27-22(26)15-9-11-24(12-10-15)14-21(25)23-16-7-8-20-18(13-16)17-5-3-4-6-19(17)28-20/h3-8,13,15H,2,9-12,14H2,1H3,(H,23,25)/p+1. The summed E-state index contributed by atoms with van der Waals surface area (Å²) < 4.78 is 10.9. The zero-order valence-electron chi connectivity index (χ0n) is 16.0. The van der Waals surface area contributed by atoms with Gasteiger partial charge in [-0.15, -0.1) is 0 Å². The lowest BCUT2D eigenvalue weighted by molar-refractivity contribution is -0.897. The van der Waals surface area contributed by atoms with Gasteiger partial charge < -0.3 is 19.4 Å². The first kappa shape index (κ1) is 18.5. The number of ether oxygens (including phenoxy) is 1. The summed E-state index contributed by atoms with van der Waals surface area (Å²) in [4.78, 5) is 25.5. The number of hydrogen-bond donors (Lipinski definition) is 2. The van der Waals surface area contributed by atoms with Gasteiger partial charge >= 0.3 is 5.97 Å². The Balaban J connectivity index is 1.36. The van der Waals surface area contributed by atoms with E-state index in [1.807, 2.05) is 49.4 Å². The van der Waals surface area contributed by atoms with Gasteiger partial charge in [0.05, 0.1) is 25.6 Å². The average molecular weight is 381 g/mol. The molecular weight excluding hydrogens is 356 g/mol. The molecule has 0 bridgehead atoms. The van der Waals surface area contributed by atoms with Crippen LogP contribution in [0.3, 0.4) is 0 Å². The number of rotatable bonds is 5. The maximum absolute atomic E-state index is 12.5. The first-order chi connectivity index (χ1) is 13.6. The lowest BCUT2D eigenvalue weighted by atomic mass is 9.97. The highest BCUT2D eigenvalue weighted by Crippen LogP contribution is 2.30. The third kappa shape index (κ3) is 3.87. The predicted molar refractivity (Wildman–Crippen MR) is 107 cm³/mol. The van der Waals surface area contributed by atoms with Gasteiger partial charge in [-0.05, 0) is 31.2 Å². The van der Waals surface area contributed by atoms with Gasteiger partial charge in [0, 0.05) is 29.3 Å². The molecule has 0 saturated carbocycles. The first-order valence-electron chi connectivity index (χ1n) is 9.85. The van der Waals surface area contributed by atoms with Crippen molar-refractivity contribution >= 4 is 39.5 Å². The fourth-order valence-electron chi connectivity index (χ4n) is 3.93. The molecule has 1 aliphatic heterocycles. The smallest absolute Gasteiger partial charge is 0.309 e. The molecule has 1 aromatic heterocycles. The molecule has 146 valence electrons. The number of piperidine rings is 1. The maximum atomic E-state index is 12.5. The van der Waals surface area contributed by atoms with Crippen LogP contribution in [-0.4, -0.2) is 38.1 Å². The second kappa shape index (κ2) is 8.02. The molecule has 2 N–H and O–H groups in total. The second-order valence-corrected chi connectivity index (χ2v) is 7.31. The van der Waals surface area contributed by atoms with Crippen LogP contribution in [0.5, 0.6) is 0 Å². The fourth-order valence-corrected chi connectivity index (χ4v) is 3.93. The Kier molecular flexibility index (Phi) is 5.30. The van der Waals surface area contributed by atoms with Gasteiger partial charge in [-0.3, -0.25) is 9.59 Å².